The molecule has 3 heterocycles. The molecular weight excluding hydrogens is 423 g/mol. The summed E-state index contributed by atoms with van der Waals surface area (Å²) in [4.78, 5) is 2.21. The van der Waals surface area contributed by atoms with Gasteiger partial charge in [-0.3, -0.25) is 0 Å². The summed E-state index contributed by atoms with van der Waals surface area (Å²) in [5.74, 6) is 0.344. The van der Waals surface area contributed by atoms with Gasteiger partial charge in [0.1, 0.15) is 5.75 Å². The Balaban J connectivity index is 1.67. The maximum atomic E-state index is 9.95. The van der Waals surface area contributed by atoms with Crippen LogP contribution < -0.4 is 20.8 Å². The Morgan fingerprint density at radius 2 is 1.94 bits per heavy atom. The van der Waals surface area contributed by atoms with Gasteiger partial charge in [0, 0.05) is 35.6 Å². The quantitative estimate of drug-likeness (QED) is 0.377. The zero-order valence-electron chi connectivity index (χ0n) is 18.0. The SMILES string of the molecule is COc1cc(-n2cc(N3CCOCC3)cn2)c(-c2ccc3c(N)cnnc3c2)cc1B(O)O. The largest absolute Gasteiger partial charge is 0.497 e. The van der Waals surface area contributed by atoms with Crippen molar-refractivity contribution >= 4 is 34.9 Å². The van der Waals surface area contributed by atoms with Gasteiger partial charge in [0.05, 0.1) is 61.5 Å². The van der Waals surface area contributed by atoms with E-state index in [1.807, 2.05) is 30.6 Å². The molecule has 2 aromatic heterocycles. The number of aromatic nitrogens is 4. The van der Waals surface area contributed by atoms with E-state index in [0.29, 0.717) is 35.9 Å². The van der Waals surface area contributed by atoms with Crippen molar-refractivity contribution in [1.82, 2.24) is 20.0 Å². The van der Waals surface area contributed by atoms with Crippen LogP contribution in [-0.4, -0.2) is 70.6 Å². The van der Waals surface area contributed by atoms with Gasteiger partial charge >= 0.3 is 7.12 Å². The van der Waals surface area contributed by atoms with Crippen LogP contribution in [-0.2, 0) is 4.74 Å². The second-order valence-corrected chi connectivity index (χ2v) is 7.76. The number of nitrogens with two attached hydrogens (primary N) is 1. The molecule has 11 heteroatoms. The summed E-state index contributed by atoms with van der Waals surface area (Å²) in [6, 6.07) is 9.08. The van der Waals surface area contributed by atoms with Crippen LogP contribution in [0.3, 0.4) is 0 Å². The highest BCUT2D eigenvalue weighted by Gasteiger charge is 2.23. The Morgan fingerprint density at radius 1 is 1.12 bits per heavy atom. The summed E-state index contributed by atoms with van der Waals surface area (Å²) in [5, 5.41) is 33.4. The number of nitrogen functional groups attached to an aromatic ring is 1. The van der Waals surface area contributed by atoms with E-state index >= 15 is 0 Å². The fraction of sp³-hybridized carbons (Fsp3) is 0.227. The molecule has 1 fully saturated rings. The molecule has 10 nitrogen and oxygen atoms in total. The van der Waals surface area contributed by atoms with Crippen LogP contribution in [0.15, 0.2) is 48.9 Å². The molecule has 4 aromatic rings. The number of ether oxygens (including phenoxy) is 2. The van der Waals surface area contributed by atoms with Crippen LogP contribution in [0.4, 0.5) is 11.4 Å². The second-order valence-electron chi connectivity index (χ2n) is 7.76. The maximum Gasteiger partial charge on any atom is 0.492 e. The molecule has 2 aromatic carbocycles. The lowest BCUT2D eigenvalue weighted by molar-refractivity contribution is 0.122. The summed E-state index contributed by atoms with van der Waals surface area (Å²) < 4.78 is 12.6. The van der Waals surface area contributed by atoms with Crippen LogP contribution in [0.25, 0.3) is 27.7 Å². The Kier molecular flexibility index (Phi) is 5.59. The Morgan fingerprint density at radius 3 is 2.70 bits per heavy atom. The van der Waals surface area contributed by atoms with Gasteiger partial charge in [0.25, 0.3) is 0 Å². The Labute approximate surface area is 190 Å². The van der Waals surface area contributed by atoms with E-state index in [1.54, 1.807) is 16.8 Å². The summed E-state index contributed by atoms with van der Waals surface area (Å²) in [6.07, 6.45) is 5.26. The minimum atomic E-state index is -1.70. The second kappa shape index (κ2) is 8.70. The van der Waals surface area contributed by atoms with Gasteiger partial charge in [0.2, 0.25) is 0 Å². The third-order valence-corrected chi connectivity index (χ3v) is 5.80. The number of nitrogens with zero attached hydrogens (tertiary/aromatic N) is 5. The Bertz CT molecular complexity index is 1310. The molecule has 5 rings (SSSR count). The van der Waals surface area contributed by atoms with Gasteiger partial charge in [-0.05, 0) is 23.8 Å². The molecule has 168 valence electrons. The number of rotatable bonds is 5. The van der Waals surface area contributed by atoms with Crippen molar-refractivity contribution in [3.05, 3.63) is 48.9 Å². The average Bonchev–Trinajstić information content (AvgIpc) is 3.34. The molecule has 0 radical (unpaired) electrons. The molecule has 0 bridgehead atoms. The molecule has 0 saturated carbocycles. The summed E-state index contributed by atoms with van der Waals surface area (Å²) >= 11 is 0. The number of hydrogen-bond acceptors (Lipinski definition) is 9. The van der Waals surface area contributed by atoms with Gasteiger partial charge < -0.3 is 30.2 Å². The lowest BCUT2D eigenvalue weighted by Gasteiger charge is -2.27. The molecule has 1 aliphatic rings. The first-order valence-electron chi connectivity index (χ1n) is 10.5. The third-order valence-electron chi connectivity index (χ3n) is 5.80. The first-order valence-corrected chi connectivity index (χ1v) is 10.5. The van der Waals surface area contributed by atoms with Gasteiger partial charge in [-0.1, -0.05) is 6.07 Å². The number of morpholine rings is 1. The molecule has 4 N–H and O–H groups in total. The summed E-state index contributed by atoms with van der Waals surface area (Å²) in [5.41, 5.74) is 10.7. The van der Waals surface area contributed by atoms with Gasteiger partial charge in [0.15, 0.2) is 0 Å². The minimum absolute atomic E-state index is 0.246. The zero-order valence-corrected chi connectivity index (χ0v) is 18.0. The van der Waals surface area contributed by atoms with E-state index in [-0.39, 0.29) is 5.46 Å². The molecular formula is C22H23BN6O4. The number of methoxy groups -OCH3 is 1. The zero-order chi connectivity index (χ0) is 22.9. The van der Waals surface area contributed by atoms with Gasteiger partial charge in [-0.2, -0.15) is 15.3 Å². The van der Waals surface area contributed by atoms with Gasteiger partial charge in [-0.25, -0.2) is 4.68 Å². The van der Waals surface area contributed by atoms with Crippen molar-refractivity contribution in [2.24, 2.45) is 0 Å². The van der Waals surface area contributed by atoms with E-state index in [4.69, 9.17) is 15.2 Å². The highest BCUT2D eigenvalue weighted by Crippen LogP contribution is 2.32. The summed E-state index contributed by atoms with van der Waals surface area (Å²) in [6.45, 7) is 2.94. The normalized spacial score (nSPS) is 14.0. The van der Waals surface area contributed by atoms with Crippen molar-refractivity contribution in [1.29, 1.82) is 0 Å². The van der Waals surface area contributed by atoms with Crippen molar-refractivity contribution < 1.29 is 19.5 Å². The smallest absolute Gasteiger partial charge is 0.492 e. The topological polar surface area (TPSA) is 132 Å². The van der Waals surface area contributed by atoms with Crippen molar-refractivity contribution in [3.63, 3.8) is 0 Å². The molecule has 0 unspecified atom stereocenters. The number of hydrogen-bond donors (Lipinski definition) is 3. The van der Waals surface area contributed by atoms with Gasteiger partial charge in [-0.15, -0.1) is 0 Å². The maximum absolute atomic E-state index is 9.95. The molecule has 0 aliphatic carbocycles. The highest BCUT2D eigenvalue weighted by molar-refractivity contribution is 6.60. The standard InChI is InChI=1S/C22H23BN6O4/c1-32-22-10-21(29-13-15(11-26-29)28-4-6-33-7-5-28)17(9-18(22)23(30)31)14-2-3-16-19(24)12-25-27-20(16)8-14/h2-3,8-13,30-31H,4-7H2,1H3,(H2,24,27). The van der Waals surface area contributed by atoms with E-state index in [9.17, 15) is 10.0 Å². The predicted molar refractivity (Wildman–Crippen MR) is 126 cm³/mol. The lowest BCUT2D eigenvalue weighted by Crippen LogP contribution is -2.35. The third kappa shape index (κ3) is 3.97. The van der Waals surface area contributed by atoms with Crippen molar-refractivity contribution in [3.8, 4) is 22.6 Å². The number of benzene rings is 2. The fourth-order valence-electron chi connectivity index (χ4n) is 4.06. The molecule has 1 aliphatic heterocycles. The number of anilines is 2. The van der Waals surface area contributed by atoms with Crippen LogP contribution in [0, 0.1) is 0 Å². The van der Waals surface area contributed by atoms with Crippen molar-refractivity contribution in [2.45, 2.75) is 0 Å². The molecule has 0 spiro atoms. The van der Waals surface area contributed by atoms with Crippen LogP contribution in [0.5, 0.6) is 5.75 Å². The molecule has 0 amide bonds. The monoisotopic (exact) mass is 446 g/mol. The molecule has 1 saturated heterocycles. The predicted octanol–water partition coefficient (Wildman–Crippen LogP) is 0.590. The first kappa shape index (κ1) is 21.2. The van der Waals surface area contributed by atoms with E-state index in [2.05, 4.69) is 20.2 Å². The molecule has 0 atom stereocenters. The molecule has 33 heavy (non-hydrogen) atoms. The van der Waals surface area contributed by atoms with Crippen LogP contribution >= 0.6 is 0 Å². The van der Waals surface area contributed by atoms with Crippen LogP contribution in [0.2, 0.25) is 0 Å². The summed E-state index contributed by atoms with van der Waals surface area (Å²) in [7, 11) is -0.216. The number of fused-ring (bicyclic) bond motifs is 1. The van der Waals surface area contributed by atoms with E-state index in [0.717, 1.165) is 35.3 Å². The first-order chi connectivity index (χ1) is 16.0. The highest BCUT2D eigenvalue weighted by atomic mass is 16.5. The lowest BCUT2D eigenvalue weighted by atomic mass is 9.77. The van der Waals surface area contributed by atoms with E-state index in [1.165, 1.54) is 13.3 Å². The van der Waals surface area contributed by atoms with E-state index < -0.39 is 7.12 Å². The average molecular weight is 446 g/mol. The fourth-order valence-corrected chi connectivity index (χ4v) is 4.06. The van der Waals surface area contributed by atoms with Crippen LogP contribution in [0.1, 0.15) is 0 Å². The Hall–Kier alpha value is -3.67. The van der Waals surface area contributed by atoms with Crippen molar-refractivity contribution in [2.75, 3.05) is 44.0 Å². The minimum Gasteiger partial charge on any atom is -0.497 e.